The molecular weight excluding hydrogens is 238 g/mol. The minimum Gasteiger partial charge on any atom is -0.508 e. The highest BCUT2D eigenvalue weighted by atomic mass is 32.2. The predicted molar refractivity (Wildman–Crippen MR) is 65.3 cm³/mol. The second-order valence-corrected chi connectivity index (χ2v) is 7.19. The van der Waals surface area contributed by atoms with Crippen LogP contribution in [0.2, 0.25) is 0 Å². The Kier molecular flexibility index (Phi) is 2.91. The Morgan fingerprint density at radius 1 is 1.35 bits per heavy atom. The van der Waals surface area contributed by atoms with Crippen molar-refractivity contribution in [1.82, 2.24) is 4.31 Å². The van der Waals surface area contributed by atoms with Gasteiger partial charge in [0.25, 0.3) is 0 Å². The number of hydrogen-bond donors (Lipinski definition) is 1. The number of nitrogens with zero attached hydrogens (tertiary/aromatic N) is 1. The molecular formula is C12H17NO3S. The van der Waals surface area contributed by atoms with E-state index in [2.05, 4.69) is 13.8 Å². The Balaban J connectivity index is 2.32. The van der Waals surface area contributed by atoms with Crippen molar-refractivity contribution in [1.29, 1.82) is 0 Å². The zero-order valence-electron chi connectivity index (χ0n) is 10.0. The van der Waals surface area contributed by atoms with Crippen molar-refractivity contribution < 1.29 is 13.5 Å². The lowest BCUT2D eigenvalue weighted by Crippen LogP contribution is -2.30. The van der Waals surface area contributed by atoms with Crippen LogP contribution in [0.15, 0.2) is 29.2 Å². The molecule has 0 spiro atoms. The van der Waals surface area contributed by atoms with Crippen LogP contribution in [-0.2, 0) is 10.0 Å². The van der Waals surface area contributed by atoms with Crippen LogP contribution in [0.3, 0.4) is 0 Å². The van der Waals surface area contributed by atoms with Gasteiger partial charge in [0.15, 0.2) is 0 Å². The summed E-state index contributed by atoms with van der Waals surface area (Å²) in [4.78, 5) is 0.162. The van der Waals surface area contributed by atoms with Crippen molar-refractivity contribution in [3.8, 4) is 5.75 Å². The monoisotopic (exact) mass is 255 g/mol. The van der Waals surface area contributed by atoms with Gasteiger partial charge in [-0.3, -0.25) is 0 Å². The molecule has 1 N–H and O–H groups in total. The quantitative estimate of drug-likeness (QED) is 0.877. The molecule has 0 radical (unpaired) electrons. The standard InChI is InChI=1S/C12H17NO3S/c1-12(2)6-7-13(9-12)17(15,16)11-5-3-4-10(14)8-11/h3-5,8,14H,6-7,9H2,1-2H3. The van der Waals surface area contributed by atoms with Gasteiger partial charge in [0.2, 0.25) is 10.0 Å². The molecule has 94 valence electrons. The second kappa shape index (κ2) is 3.99. The van der Waals surface area contributed by atoms with Crippen LogP contribution >= 0.6 is 0 Å². The van der Waals surface area contributed by atoms with Gasteiger partial charge in [0.1, 0.15) is 5.75 Å². The van der Waals surface area contributed by atoms with E-state index in [0.717, 1.165) is 6.42 Å². The first-order chi connectivity index (χ1) is 7.81. The van der Waals surface area contributed by atoms with E-state index >= 15 is 0 Å². The lowest BCUT2D eigenvalue weighted by atomic mass is 9.93. The molecule has 2 rings (SSSR count). The average Bonchev–Trinajstić information content (AvgIpc) is 2.59. The van der Waals surface area contributed by atoms with Crippen molar-refractivity contribution in [2.24, 2.45) is 5.41 Å². The maximum absolute atomic E-state index is 12.3. The van der Waals surface area contributed by atoms with Crippen molar-refractivity contribution in [2.45, 2.75) is 25.2 Å². The minimum atomic E-state index is -3.46. The molecule has 0 saturated carbocycles. The van der Waals surface area contributed by atoms with Gasteiger partial charge < -0.3 is 5.11 Å². The molecule has 0 aromatic heterocycles. The first-order valence-corrected chi connectivity index (χ1v) is 7.04. The SMILES string of the molecule is CC1(C)CCN(S(=O)(=O)c2cccc(O)c2)C1. The zero-order chi connectivity index (χ0) is 12.7. The summed E-state index contributed by atoms with van der Waals surface area (Å²) in [6.07, 6.45) is 0.866. The lowest BCUT2D eigenvalue weighted by molar-refractivity contribution is 0.375. The van der Waals surface area contributed by atoms with E-state index in [-0.39, 0.29) is 16.1 Å². The summed E-state index contributed by atoms with van der Waals surface area (Å²) in [5.41, 5.74) is 0.0316. The third kappa shape index (κ3) is 2.45. The van der Waals surface area contributed by atoms with E-state index in [4.69, 9.17) is 0 Å². The molecule has 0 bridgehead atoms. The van der Waals surface area contributed by atoms with Gasteiger partial charge in [-0.1, -0.05) is 19.9 Å². The number of rotatable bonds is 2. The summed E-state index contributed by atoms with van der Waals surface area (Å²) in [7, 11) is -3.46. The highest BCUT2D eigenvalue weighted by molar-refractivity contribution is 7.89. The fraction of sp³-hybridized carbons (Fsp3) is 0.500. The number of phenols is 1. The van der Waals surface area contributed by atoms with Gasteiger partial charge in [-0.05, 0) is 30.0 Å². The highest BCUT2D eigenvalue weighted by Crippen LogP contribution is 2.33. The number of hydrogen-bond acceptors (Lipinski definition) is 3. The van der Waals surface area contributed by atoms with E-state index in [9.17, 15) is 13.5 Å². The topological polar surface area (TPSA) is 57.6 Å². The van der Waals surface area contributed by atoms with Crippen molar-refractivity contribution in [2.75, 3.05) is 13.1 Å². The third-order valence-corrected chi connectivity index (χ3v) is 4.94. The summed E-state index contributed by atoms with van der Waals surface area (Å²) < 4.78 is 26.1. The largest absolute Gasteiger partial charge is 0.508 e. The summed E-state index contributed by atoms with van der Waals surface area (Å²) in [5.74, 6) is -0.0236. The van der Waals surface area contributed by atoms with Crippen molar-refractivity contribution >= 4 is 10.0 Å². The molecule has 0 amide bonds. The molecule has 4 nitrogen and oxygen atoms in total. The molecule has 1 aromatic rings. The molecule has 1 aliphatic heterocycles. The summed E-state index contributed by atoms with van der Waals surface area (Å²) >= 11 is 0. The van der Waals surface area contributed by atoms with E-state index in [1.54, 1.807) is 6.07 Å². The Labute approximate surface area is 102 Å². The molecule has 1 aliphatic rings. The summed E-state index contributed by atoms with van der Waals surface area (Å²) in [6, 6.07) is 5.82. The number of benzene rings is 1. The Bertz CT molecular complexity index is 522. The van der Waals surface area contributed by atoms with Gasteiger partial charge in [-0.15, -0.1) is 0 Å². The molecule has 1 heterocycles. The highest BCUT2D eigenvalue weighted by Gasteiger charge is 2.36. The fourth-order valence-electron chi connectivity index (χ4n) is 2.06. The number of phenolic OH excluding ortho intramolecular Hbond substituents is 1. The smallest absolute Gasteiger partial charge is 0.243 e. The molecule has 0 unspecified atom stereocenters. The molecule has 0 aliphatic carbocycles. The second-order valence-electron chi connectivity index (χ2n) is 5.25. The van der Waals surface area contributed by atoms with Crippen molar-refractivity contribution in [3.05, 3.63) is 24.3 Å². The lowest BCUT2D eigenvalue weighted by Gasteiger charge is -2.19. The average molecular weight is 255 g/mol. The minimum absolute atomic E-state index is 0.0236. The van der Waals surface area contributed by atoms with E-state index in [1.807, 2.05) is 0 Å². The maximum Gasteiger partial charge on any atom is 0.243 e. The predicted octanol–water partition coefficient (Wildman–Crippen LogP) is 1.81. The Morgan fingerprint density at radius 3 is 2.59 bits per heavy atom. The van der Waals surface area contributed by atoms with Crippen LogP contribution < -0.4 is 0 Å². The first kappa shape index (κ1) is 12.4. The first-order valence-electron chi connectivity index (χ1n) is 5.60. The Morgan fingerprint density at radius 2 is 2.06 bits per heavy atom. The fourth-order valence-corrected chi connectivity index (χ4v) is 3.73. The number of sulfonamides is 1. The number of aromatic hydroxyl groups is 1. The van der Waals surface area contributed by atoms with Crippen LogP contribution in [0.25, 0.3) is 0 Å². The van der Waals surface area contributed by atoms with Crippen LogP contribution in [0.5, 0.6) is 5.75 Å². The van der Waals surface area contributed by atoms with Crippen LogP contribution in [-0.4, -0.2) is 30.9 Å². The van der Waals surface area contributed by atoms with E-state index in [1.165, 1.54) is 22.5 Å². The van der Waals surface area contributed by atoms with Crippen molar-refractivity contribution in [3.63, 3.8) is 0 Å². The molecule has 5 heteroatoms. The molecule has 1 aromatic carbocycles. The van der Waals surface area contributed by atoms with Gasteiger partial charge in [0, 0.05) is 13.1 Å². The summed E-state index contributed by atoms with van der Waals surface area (Å²) in [6.45, 7) is 5.20. The summed E-state index contributed by atoms with van der Waals surface area (Å²) in [5, 5.41) is 9.34. The molecule has 0 atom stereocenters. The Hall–Kier alpha value is -1.07. The normalized spacial score (nSPS) is 20.6. The van der Waals surface area contributed by atoms with Crippen LogP contribution in [0.1, 0.15) is 20.3 Å². The van der Waals surface area contributed by atoms with Gasteiger partial charge in [-0.2, -0.15) is 4.31 Å². The van der Waals surface area contributed by atoms with Gasteiger partial charge in [-0.25, -0.2) is 8.42 Å². The third-order valence-electron chi connectivity index (χ3n) is 3.10. The molecule has 1 saturated heterocycles. The zero-order valence-corrected chi connectivity index (χ0v) is 10.9. The van der Waals surface area contributed by atoms with Gasteiger partial charge in [0.05, 0.1) is 4.90 Å². The molecule has 17 heavy (non-hydrogen) atoms. The van der Waals surface area contributed by atoms with E-state index in [0.29, 0.717) is 13.1 Å². The van der Waals surface area contributed by atoms with Crippen LogP contribution in [0, 0.1) is 5.41 Å². The van der Waals surface area contributed by atoms with E-state index < -0.39 is 10.0 Å². The molecule has 1 fully saturated rings. The maximum atomic E-state index is 12.3. The van der Waals surface area contributed by atoms with Gasteiger partial charge >= 0.3 is 0 Å². The van der Waals surface area contributed by atoms with Crippen LogP contribution in [0.4, 0.5) is 0 Å².